The van der Waals surface area contributed by atoms with Gasteiger partial charge in [-0.1, -0.05) is 29.3 Å². The highest BCUT2D eigenvalue weighted by molar-refractivity contribution is 6.35. The molecule has 0 spiro atoms. The molecule has 0 saturated heterocycles. The predicted octanol–water partition coefficient (Wildman–Crippen LogP) is 3.26. The van der Waals surface area contributed by atoms with Crippen molar-refractivity contribution in [3.05, 3.63) is 58.3 Å². The third kappa shape index (κ3) is 5.46. The third-order valence-corrected chi connectivity index (χ3v) is 3.55. The highest BCUT2D eigenvalue weighted by Gasteiger charge is 2.11. The summed E-state index contributed by atoms with van der Waals surface area (Å²) in [5.41, 5.74) is 1.10. The summed E-state index contributed by atoms with van der Waals surface area (Å²) in [4.78, 5) is 6.08. The van der Waals surface area contributed by atoms with Crippen LogP contribution in [-0.4, -0.2) is 41.3 Å². The minimum atomic E-state index is -0.617. The van der Waals surface area contributed by atoms with Gasteiger partial charge in [0, 0.05) is 30.5 Å². The van der Waals surface area contributed by atoms with Crippen LogP contribution in [0.4, 0.5) is 0 Å². The second kappa shape index (κ2) is 8.34. The van der Waals surface area contributed by atoms with Crippen LogP contribution in [0.15, 0.2) is 42.7 Å². The second-order valence-corrected chi connectivity index (χ2v) is 5.94. The molecule has 1 aromatic heterocycles. The van der Waals surface area contributed by atoms with Crippen LogP contribution < -0.4 is 4.74 Å². The summed E-state index contributed by atoms with van der Waals surface area (Å²) < 4.78 is 5.53. The van der Waals surface area contributed by atoms with Crippen molar-refractivity contribution in [1.29, 1.82) is 0 Å². The minimum Gasteiger partial charge on any atom is -0.489 e. The van der Waals surface area contributed by atoms with Crippen LogP contribution in [0.5, 0.6) is 5.75 Å². The molecule has 118 valence electrons. The number of aliphatic hydroxyl groups is 1. The summed E-state index contributed by atoms with van der Waals surface area (Å²) in [7, 11) is 1.94. The highest BCUT2D eigenvalue weighted by atomic mass is 35.5. The van der Waals surface area contributed by atoms with Gasteiger partial charge in [-0.05, 0) is 36.9 Å². The third-order valence-electron chi connectivity index (χ3n) is 3.02. The monoisotopic (exact) mass is 340 g/mol. The lowest BCUT2D eigenvalue weighted by atomic mass is 10.2. The molecule has 2 aromatic rings. The molecule has 6 heteroatoms. The maximum Gasteiger partial charge on any atom is 0.138 e. The number of pyridine rings is 1. The van der Waals surface area contributed by atoms with Gasteiger partial charge >= 0.3 is 0 Å². The van der Waals surface area contributed by atoms with Gasteiger partial charge in [0.1, 0.15) is 18.5 Å². The second-order valence-electron chi connectivity index (χ2n) is 5.10. The molecule has 0 amide bonds. The van der Waals surface area contributed by atoms with Gasteiger partial charge in [-0.3, -0.25) is 9.88 Å². The van der Waals surface area contributed by atoms with Crippen LogP contribution in [0.3, 0.4) is 0 Å². The zero-order chi connectivity index (χ0) is 15.9. The lowest BCUT2D eigenvalue weighted by molar-refractivity contribution is 0.0744. The Hall–Kier alpha value is -1.33. The molecular formula is C16H18Cl2N2O2. The van der Waals surface area contributed by atoms with Crippen LogP contribution in [0.2, 0.25) is 10.0 Å². The lowest BCUT2D eigenvalue weighted by Crippen LogP contribution is -2.32. The Labute approximate surface area is 140 Å². The first-order chi connectivity index (χ1) is 10.5. The van der Waals surface area contributed by atoms with Gasteiger partial charge in [0.25, 0.3) is 0 Å². The van der Waals surface area contributed by atoms with Gasteiger partial charge in [-0.25, -0.2) is 0 Å². The summed E-state index contributed by atoms with van der Waals surface area (Å²) in [5.74, 6) is 0.514. The number of nitrogens with zero attached hydrogens (tertiary/aromatic N) is 2. The fourth-order valence-electron chi connectivity index (χ4n) is 2.06. The van der Waals surface area contributed by atoms with Crippen molar-refractivity contribution in [1.82, 2.24) is 9.88 Å². The number of hydrogen-bond donors (Lipinski definition) is 1. The Kier molecular flexibility index (Phi) is 6.46. The van der Waals surface area contributed by atoms with Crippen LogP contribution in [0.25, 0.3) is 0 Å². The van der Waals surface area contributed by atoms with Crippen molar-refractivity contribution in [2.24, 2.45) is 0 Å². The quantitative estimate of drug-likeness (QED) is 0.840. The molecule has 0 bridgehead atoms. The van der Waals surface area contributed by atoms with Crippen LogP contribution in [0.1, 0.15) is 5.56 Å². The summed E-state index contributed by atoms with van der Waals surface area (Å²) in [6.07, 6.45) is 2.93. The van der Waals surface area contributed by atoms with E-state index in [1.165, 1.54) is 0 Å². The molecule has 22 heavy (non-hydrogen) atoms. The molecule has 0 saturated carbocycles. The van der Waals surface area contributed by atoms with E-state index in [1.54, 1.807) is 24.4 Å². The van der Waals surface area contributed by atoms with Gasteiger partial charge in [-0.2, -0.15) is 0 Å². The number of hydrogen-bond acceptors (Lipinski definition) is 4. The summed E-state index contributed by atoms with van der Waals surface area (Å²) in [5, 5.41) is 11.0. The topological polar surface area (TPSA) is 45.6 Å². The van der Waals surface area contributed by atoms with E-state index < -0.39 is 6.10 Å². The Bertz CT molecular complexity index is 596. The number of benzene rings is 1. The zero-order valence-electron chi connectivity index (χ0n) is 12.2. The molecule has 1 heterocycles. The molecule has 0 aliphatic heterocycles. The predicted molar refractivity (Wildman–Crippen MR) is 88.5 cm³/mol. The fourth-order valence-corrected chi connectivity index (χ4v) is 2.52. The molecule has 1 unspecified atom stereocenters. The van der Waals surface area contributed by atoms with Gasteiger partial charge in [0.2, 0.25) is 0 Å². The van der Waals surface area contributed by atoms with Gasteiger partial charge in [-0.15, -0.1) is 0 Å². The number of aromatic nitrogens is 1. The van der Waals surface area contributed by atoms with Gasteiger partial charge in [0.15, 0.2) is 0 Å². The molecule has 0 aliphatic carbocycles. The number of halogens is 2. The average Bonchev–Trinajstić information content (AvgIpc) is 2.47. The van der Waals surface area contributed by atoms with E-state index in [4.69, 9.17) is 27.9 Å². The normalized spacial score (nSPS) is 12.4. The summed E-state index contributed by atoms with van der Waals surface area (Å²) in [6.45, 7) is 1.37. The van der Waals surface area contributed by atoms with Crippen molar-refractivity contribution in [2.75, 3.05) is 20.2 Å². The number of rotatable bonds is 7. The largest absolute Gasteiger partial charge is 0.489 e. The van der Waals surface area contributed by atoms with Crippen LogP contribution in [0, 0.1) is 0 Å². The molecule has 1 N–H and O–H groups in total. The van der Waals surface area contributed by atoms with Crippen LogP contribution >= 0.6 is 23.2 Å². The number of ether oxygens (including phenoxy) is 1. The Balaban J connectivity index is 1.78. The highest BCUT2D eigenvalue weighted by Crippen LogP contribution is 2.27. The minimum absolute atomic E-state index is 0.165. The summed E-state index contributed by atoms with van der Waals surface area (Å²) >= 11 is 11.8. The van der Waals surface area contributed by atoms with E-state index >= 15 is 0 Å². The van der Waals surface area contributed by atoms with Crippen molar-refractivity contribution >= 4 is 23.2 Å². The Morgan fingerprint density at radius 2 is 2.14 bits per heavy atom. The average molecular weight is 341 g/mol. The van der Waals surface area contributed by atoms with Gasteiger partial charge < -0.3 is 9.84 Å². The lowest BCUT2D eigenvalue weighted by Gasteiger charge is -2.21. The van der Waals surface area contributed by atoms with Crippen molar-refractivity contribution < 1.29 is 9.84 Å². The Morgan fingerprint density at radius 3 is 2.82 bits per heavy atom. The van der Waals surface area contributed by atoms with E-state index in [2.05, 4.69) is 4.98 Å². The first-order valence-electron chi connectivity index (χ1n) is 6.88. The number of aliphatic hydroxyl groups excluding tert-OH is 1. The van der Waals surface area contributed by atoms with E-state index in [1.807, 2.05) is 30.3 Å². The van der Waals surface area contributed by atoms with E-state index in [9.17, 15) is 5.11 Å². The molecule has 0 fully saturated rings. The Morgan fingerprint density at radius 1 is 1.32 bits per heavy atom. The fraction of sp³-hybridized carbons (Fsp3) is 0.312. The molecule has 2 rings (SSSR count). The SMILES string of the molecule is CN(Cc1cccnc1)CC(O)COc1ccc(Cl)cc1Cl. The molecular weight excluding hydrogens is 323 g/mol. The molecule has 4 nitrogen and oxygen atoms in total. The first kappa shape index (κ1) is 17.0. The van der Waals surface area contributed by atoms with Crippen molar-refractivity contribution in [3.63, 3.8) is 0 Å². The first-order valence-corrected chi connectivity index (χ1v) is 7.63. The van der Waals surface area contributed by atoms with Crippen molar-refractivity contribution in [3.8, 4) is 5.75 Å². The van der Waals surface area contributed by atoms with Gasteiger partial charge in [0.05, 0.1) is 5.02 Å². The molecule has 1 atom stereocenters. The molecule has 0 aliphatic rings. The summed E-state index contributed by atoms with van der Waals surface area (Å²) in [6, 6.07) is 8.89. The van der Waals surface area contributed by atoms with E-state index in [-0.39, 0.29) is 6.61 Å². The maximum absolute atomic E-state index is 10.1. The standard InChI is InChI=1S/C16H18Cl2N2O2/c1-20(9-12-3-2-6-19-8-12)10-14(21)11-22-16-5-4-13(17)7-15(16)18/h2-8,14,21H,9-11H2,1H3. The number of likely N-dealkylation sites (N-methyl/N-ethyl adjacent to an activating group) is 1. The van der Waals surface area contributed by atoms with E-state index in [0.717, 1.165) is 5.56 Å². The molecule has 1 aromatic carbocycles. The zero-order valence-corrected chi connectivity index (χ0v) is 13.8. The maximum atomic E-state index is 10.1. The van der Waals surface area contributed by atoms with E-state index in [0.29, 0.717) is 28.9 Å². The smallest absolute Gasteiger partial charge is 0.138 e. The molecule has 0 radical (unpaired) electrons. The van der Waals surface area contributed by atoms with Crippen molar-refractivity contribution in [2.45, 2.75) is 12.6 Å². The van der Waals surface area contributed by atoms with Crippen LogP contribution in [-0.2, 0) is 6.54 Å².